The molecule has 2 unspecified atom stereocenters. The van der Waals surface area contributed by atoms with E-state index in [9.17, 15) is 14.4 Å². The van der Waals surface area contributed by atoms with Crippen LogP contribution in [0.25, 0.3) is 0 Å². The molecule has 1 aromatic carbocycles. The molecule has 1 aromatic rings. The lowest BCUT2D eigenvalue weighted by Gasteiger charge is -2.39. The molecule has 5 atom stereocenters. The summed E-state index contributed by atoms with van der Waals surface area (Å²) in [6.07, 6.45) is 8.69. The Morgan fingerprint density at radius 3 is 2.29 bits per heavy atom. The molecule has 0 N–H and O–H groups in total. The molecule has 10 nitrogen and oxygen atoms in total. The topological polar surface area (TPSA) is 101 Å². The van der Waals surface area contributed by atoms with Crippen molar-refractivity contribution in [1.29, 1.82) is 0 Å². The number of rotatable bonds is 9. The number of epoxide rings is 1. The molecule has 6 rings (SSSR count). The number of ketones is 1. The minimum atomic E-state index is -0.948. The van der Waals surface area contributed by atoms with Gasteiger partial charge in [0.2, 0.25) is 0 Å². The summed E-state index contributed by atoms with van der Waals surface area (Å²) in [5.74, 6) is 1.42. The highest BCUT2D eigenvalue weighted by molar-refractivity contribution is 6.02. The summed E-state index contributed by atoms with van der Waals surface area (Å²) in [7, 11) is 1.66. The first-order valence-electron chi connectivity index (χ1n) is 20.0. The summed E-state index contributed by atoms with van der Waals surface area (Å²) in [6, 6.07) is 6.38. The van der Waals surface area contributed by atoms with Crippen molar-refractivity contribution in [2.24, 2.45) is 23.2 Å². The van der Waals surface area contributed by atoms with Crippen molar-refractivity contribution in [2.75, 3.05) is 43.2 Å². The number of amides is 2. The smallest absolute Gasteiger partial charge is 0.410 e. The quantitative estimate of drug-likeness (QED) is 0.184. The first-order chi connectivity index (χ1) is 24.4. The minimum Gasteiger partial charge on any atom is -0.476 e. The predicted octanol–water partition coefficient (Wildman–Crippen LogP) is 8.63. The molecule has 294 valence electrons. The highest BCUT2D eigenvalue weighted by Gasteiger charge is 2.55. The molecule has 10 heteroatoms. The lowest BCUT2D eigenvalue weighted by molar-refractivity contribution is -0.132. The maximum absolute atomic E-state index is 13.3. The number of fused-ring (bicyclic) bond motifs is 1. The van der Waals surface area contributed by atoms with Crippen molar-refractivity contribution in [2.45, 2.75) is 157 Å². The van der Waals surface area contributed by atoms with Gasteiger partial charge in [-0.15, -0.1) is 0 Å². The Bertz CT molecular complexity index is 1380. The van der Waals surface area contributed by atoms with Crippen LogP contribution < -0.4 is 14.5 Å². The number of benzene rings is 1. The Morgan fingerprint density at radius 2 is 1.73 bits per heavy atom. The molecule has 2 amide bonds. The van der Waals surface area contributed by atoms with Crippen LogP contribution in [-0.4, -0.2) is 85.6 Å². The van der Waals surface area contributed by atoms with Gasteiger partial charge in [-0.1, -0.05) is 53.9 Å². The third kappa shape index (κ3) is 10.4. The molecule has 2 saturated heterocycles. The molecular weight excluding hydrogens is 658 g/mol. The van der Waals surface area contributed by atoms with E-state index >= 15 is 0 Å². The fourth-order valence-electron chi connectivity index (χ4n) is 7.72. The number of nitrogens with zero attached hydrogens (tertiary/aromatic N) is 3. The molecule has 0 spiro atoms. The van der Waals surface area contributed by atoms with Gasteiger partial charge in [-0.3, -0.25) is 9.59 Å². The Kier molecular flexibility index (Phi) is 13.8. The lowest BCUT2D eigenvalue weighted by atomic mass is 9.70. The summed E-state index contributed by atoms with van der Waals surface area (Å²) in [4.78, 5) is 44.5. The van der Waals surface area contributed by atoms with Gasteiger partial charge < -0.3 is 33.6 Å². The van der Waals surface area contributed by atoms with Gasteiger partial charge in [0.25, 0.3) is 5.91 Å². The van der Waals surface area contributed by atoms with Crippen LogP contribution in [0.15, 0.2) is 18.2 Å². The summed E-state index contributed by atoms with van der Waals surface area (Å²) in [6.45, 7) is 23.9. The van der Waals surface area contributed by atoms with Crippen LogP contribution in [-0.2, 0) is 23.8 Å². The van der Waals surface area contributed by atoms with Gasteiger partial charge in [-0.05, 0) is 103 Å². The Hall–Kier alpha value is -2.85. The highest BCUT2D eigenvalue weighted by atomic mass is 16.6. The van der Waals surface area contributed by atoms with E-state index in [-0.39, 0.29) is 42.0 Å². The number of methoxy groups -OCH3 is 1. The molecular formula is C42H69N3O7. The molecule has 5 aliphatic rings. The van der Waals surface area contributed by atoms with Crippen molar-refractivity contribution >= 4 is 29.2 Å². The fraction of sp³-hybridized carbons (Fsp3) is 0.786. The second-order valence-corrected chi connectivity index (χ2v) is 17.5. The fourth-order valence-corrected chi connectivity index (χ4v) is 7.72. The van der Waals surface area contributed by atoms with Crippen LogP contribution in [0.1, 0.15) is 128 Å². The third-order valence-electron chi connectivity index (χ3n) is 11.3. The lowest BCUT2D eigenvalue weighted by Crippen LogP contribution is -2.53. The van der Waals surface area contributed by atoms with E-state index in [1.165, 1.54) is 25.7 Å². The summed E-state index contributed by atoms with van der Waals surface area (Å²) >= 11 is 0. The Balaban J connectivity index is 0.000000475. The zero-order valence-electron chi connectivity index (χ0n) is 34.4. The minimum absolute atomic E-state index is 0.0188. The highest BCUT2D eigenvalue weighted by Crippen LogP contribution is 2.48. The van der Waals surface area contributed by atoms with Crippen molar-refractivity contribution < 1.29 is 33.3 Å². The number of carbonyl (C=O) groups excluding carboxylic acids is 3. The second-order valence-electron chi connectivity index (χ2n) is 17.5. The van der Waals surface area contributed by atoms with Crippen molar-refractivity contribution in [1.82, 2.24) is 4.90 Å². The SMILES string of the molecule is CC.COCCCN1C(=O)C(C)(C)Oc2ccc(N(C3CC3)C3OC3[C@@H]3C[C@H](C(C)=O)CN(C(=O)OC(C)(C)C)C3)cc21.C[C@@H]1CCCCC1(C)C. The Labute approximate surface area is 314 Å². The molecule has 3 heterocycles. The molecule has 4 fully saturated rings. The van der Waals surface area contributed by atoms with Gasteiger partial charge >= 0.3 is 6.09 Å². The van der Waals surface area contributed by atoms with E-state index in [0.29, 0.717) is 49.9 Å². The normalized spacial score (nSPS) is 27.5. The molecule has 3 aliphatic heterocycles. The van der Waals surface area contributed by atoms with E-state index in [0.717, 1.165) is 36.6 Å². The second kappa shape index (κ2) is 17.1. The predicted molar refractivity (Wildman–Crippen MR) is 207 cm³/mol. The number of ether oxygens (including phenoxy) is 4. The van der Waals surface area contributed by atoms with E-state index in [2.05, 4.69) is 25.7 Å². The van der Waals surface area contributed by atoms with E-state index in [1.807, 2.05) is 57.7 Å². The van der Waals surface area contributed by atoms with Crippen LogP contribution in [0.4, 0.5) is 16.2 Å². The van der Waals surface area contributed by atoms with Gasteiger partial charge in [-0.2, -0.15) is 0 Å². The van der Waals surface area contributed by atoms with Crippen LogP contribution in [0.2, 0.25) is 0 Å². The number of hydrogen-bond donors (Lipinski definition) is 0. The summed E-state index contributed by atoms with van der Waals surface area (Å²) in [5, 5.41) is 0. The van der Waals surface area contributed by atoms with E-state index in [4.69, 9.17) is 18.9 Å². The molecule has 0 aromatic heterocycles. The monoisotopic (exact) mass is 728 g/mol. The first-order valence-corrected chi connectivity index (χ1v) is 20.0. The van der Waals surface area contributed by atoms with Gasteiger partial charge in [-0.25, -0.2) is 4.79 Å². The molecule has 2 aliphatic carbocycles. The standard InChI is InChI=1S/C31H45N3O7.C9H18.C2H6/c1-19(35)20-15-21(18-32(17-20)29(37)41-30(2,3)4)26-27(39-26)34(22-9-10-22)23-11-12-25-24(16-23)33(13-8-14-38-7)28(36)31(5,6)40-25;1-8-6-4-5-7-9(8,2)3;1-2/h11-12,16,20-22,26-27H,8-10,13-15,17-18H2,1-7H3;8H,4-7H2,1-3H3;1-2H3/t20-,21+,26?,27?;8-;/m01./s1. The first kappa shape index (κ1) is 41.9. The average Bonchev–Trinajstić information content (AvgIpc) is 4.02. The summed E-state index contributed by atoms with van der Waals surface area (Å²) in [5.41, 5.74) is 0.821. The van der Waals surface area contributed by atoms with Gasteiger partial charge in [0.1, 0.15) is 23.2 Å². The zero-order chi connectivity index (χ0) is 38.6. The average molecular weight is 728 g/mol. The van der Waals surface area contributed by atoms with Crippen molar-refractivity contribution in [3.8, 4) is 5.75 Å². The molecule has 0 radical (unpaired) electrons. The number of hydrogen-bond acceptors (Lipinski definition) is 8. The number of carbonyl (C=O) groups is 3. The largest absolute Gasteiger partial charge is 0.476 e. The zero-order valence-corrected chi connectivity index (χ0v) is 34.4. The third-order valence-corrected chi connectivity index (χ3v) is 11.3. The maximum Gasteiger partial charge on any atom is 0.410 e. The Morgan fingerprint density at radius 1 is 1.04 bits per heavy atom. The van der Waals surface area contributed by atoms with Crippen molar-refractivity contribution in [3.05, 3.63) is 18.2 Å². The van der Waals surface area contributed by atoms with Crippen LogP contribution >= 0.6 is 0 Å². The van der Waals surface area contributed by atoms with Crippen LogP contribution in [0.3, 0.4) is 0 Å². The molecule has 52 heavy (non-hydrogen) atoms. The summed E-state index contributed by atoms with van der Waals surface area (Å²) < 4.78 is 23.3. The number of piperidine rings is 1. The van der Waals surface area contributed by atoms with Gasteiger partial charge in [0.05, 0.1) is 5.69 Å². The van der Waals surface area contributed by atoms with Crippen LogP contribution in [0.5, 0.6) is 5.75 Å². The van der Waals surface area contributed by atoms with Crippen LogP contribution in [0, 0.1) is 23.2 Å². The number of anilines is 2. The van der Waals surface area contributed by atoms with Crippen molar-refractivity contribution in [3.63, 3.8) is 0 Å². The van der Waals surface area contributed by atoms with E-state index in [1.54, 1.807) is 32.8 Å². The van der Waals surface area contributed by atoms with Gasteiger partial charge in [0, 0.05) is 56.9 Å². The maximum atomic E-state index is 13.3. The number of likely N-dealkylation sites (tertiary alicyclic amines) is 1. The van der Waals surface area contributed by atoms with E-state index < -0.39 is 11.2 Å². The molecule has 0 bridgehead atoms. The molecule has 2 saturated carbocycles. The van der Waals surface area contributed by atoms with Gasteiger partial charge in [0.15, 0.2) is 11.8 Å². The number of Topliss-reactive ketones (excluding diaryl/α,β-unsaturated/α-hetero) is 1.